The Bertz CT molecular complexity index is 608. The number of ether oxygens (including phenoxy) is 1. The van der Waals surface area contributed by atoms with Crippen molar-refractivity contribution in [2.45, 2.75) is 45.6 Å². The first-order valence-electron chi connectivity index (χ1n) is 9.46. The molecule has 0 spiro atoms. The summed E-state index contributed by atoms with van der Waals surface area (Å²) in [6.07, 6.45) is 2.33. The second kappa shape index (κ2) is 10.3. The lowest BCUT2D eigenvalue weighted by Gasteiger charge is -2.30. The predicted molar refractivity (Wildman–Crippen MR) is 98.2 cm³/mol. The molecule has 2 rings (SSSR count). The number of carbonyl (C=O) groups is 2. The van der Waals surface area contributed by atoms with Crippen LogP contribution in [-0.2, 0) is 20.7 Å². The molecule has 144 valence electrons. The number of carbonyl (C=O) groups excluding carboxylic acids is 2. The highest BCUT2D eigenvalue weighted by molar-refractivity contribution is 5.79. The van der Waals surface area contributed by atoms with Crippen LogP contribution in [-0.4, -0.2) is 60.5 Å². The lowest BCUT2D eigenvalue weighted by molar-refractivity contribution is -0.144. The summed E-state index contributed by atoms with van der Waals surface area (Å²) in [6, 6.07) is 6.63. The summed E-state index contributed by atoms with van der Waals surface area (Å²) in [4.78, 5) is 28.6. The first kappa shape index (κ1) is 20.4. The Morgan fingerprint density at radius 2 is 2.08 bits per heavy atom. The van der Waals surface area contributed by atoms with Crippen molar-refractivity contribution >= 4 is 11.9 Å². The number of hydrogen-bond acceptors (Lipinski definition) is 4. The third kappa shape index (κ3) is 5.80. The number of amides is 1. The summed E-state index contributed by atoms with van der Waals surface area (Å²) in [5, 5.41) is 0. The minimum atomic E-state index is -0.373. The molecule has 26 heavy (non-hydrogen) atoms. The molecule has 5 nitrogen and oxygen atoms in total. The highest BCUT2D eigenvalue weighted by Crippen LogP contribution is 2.19. The summed E-state index contributed by atoms with van der Waals surface area (Å²) in [7, 11) is 0. The van der Waals surface area contributed by atoms with Gasteiger partial charge in [0.1, 0.15) is 5.82 Å². The molecule has 0 radical (unpaired) electrons. The van der Waals surface area contributed by atoms with Crippen LogP contribution in [0.2, 0.25) is 0 Å². The number of esters is 1. The van der Waals surface area contributed by atoms with Crippen molar-refractivity contribution in [1.82, 2.24) is 9.80 Å². The second-order valence-corrected chi connectivity index (χ2v) is 6.59. The van der Waals surface area contributed by atoms with E-state index in [4.69, 9.17) is 4.74 Å². The highest BCUT2D eigenvalue weighted by atomic mass is 19.1. The van der Waals surface area contributed by atoms with Crippen molar-refractivity contribution in [2.24, 2.45) is 0 Å². The molecule has 0 aliphatic carbocycles. The van der Waals surface area contributed by atoms with E-state index in [2.05, 4.69) is 11.8 Å². The summed E-state index contributed by atoms with van der Waals surface area (Å²) < 4.78 is 18.9. The van der Waals surface area contributed by atoms with Gasteiger partial charge in [-0.15, -0.1) is 0 Å². The predicted octanol–water partition coefficient (Wildman–Crippen LogP) is 2.63. The van der Waals surface area contributed by atoms with Crippen molar-refractivity contribution in [1.29, 1.82) is 0 Å². The fraction of sp³-hybridized carbons (Fsp3) is 0.600. The molecule has 1 saturated heterocycles. The lowest BCUT2D eigenvalue weighted by atomic mass is 10.1. The fourth-order valence-corrected chi connectivity index (χ4v) is 3.47. The molecule has 1 fully saturated rings. The van der Waals surface area contributed by atoms with Gasteiger partial charge in [-0.3, -0.25) is 14.5 Å². The molecule has 1 heterocycles. The third-order valence-electron chi connectivity index (χ3n) is 4.88. The van der Waals surface area contributed by atoms with Crippen molar-refractivity contribution < 1.29 is 18.7 Å². The molecule has 6 heteroatoms. The van der Waals surface area contributed by atoms with Crippen LogP contribution in [0.25, 0.3) is 0 Å². The first-order chi connectivity index (χ1) is 12.5. The van der Waals surface area contributed by atoms with Gasteiger partial charge in [-0.1, -0.05) is 25.1 Å². The van der Waals surface area contributed by atoms with Gasteiger partial charge in [0, 0.05) is 19.1 Å². The van der Waals surface area contributed by atoms with Crippen LogP contribution in [0.1, 0.15) is 38.7 Å². The van der Waals surface area contributed by atoms with Crippen molar-refractivity contribution in [3.8, 4) is 0 Å². The van der Waals surface area contributed by atoms with Crippen LogP contribution in [0.15, 0.2) is 24.3 Å². The van der Waals surface area contributed by atoms with Crippen molar-refractivity contribution in [3.63, 3.8) is 0 Å². The number of hydrogen-bond donors (Lipinski definition) is 0. The number of rotatable bonds is 9. The van der Waals surface area contributed by atoms with Gasteiger partial charge in [0.2, 0.25) is 5.91 Å². The Labute approximate surface area is 155 Å². The van der Waals surface area contributed by atoms with Gasteiger partial charge in [0.05, 0.1) is 19.4 Å². The SMILES string of the molecule is CCOC(=O)CCN(C[C@H]1CCCN1CC)C(=O)Cc1ccccc1F. The molecule has 1 aliphatic heterocycles. The lowest BCUT2D eigenvalue weighted by Crippen LogP contribution is -2.44. The Morgan fingerprint density at radius 1 is 1.31 bits per heavy atom. The molecule has 1 amide bonds. The summed E-state index contributed by atoms with van der Waals surface area (Å²) in [5.41, 5.74) is 0.386. The van der Waals surface area contributed by atoms with Gasteiger partial charge >= 0.3 is 5.97 Å². The molecule has 0 N–H and O–H groups in total. The topological polar surface area (TPSA) is 49.9 Å². The smallest absolute Gasteiger partial charge is 0.307 e. The van der Waals surface area contributed by atoms with Crippen LogP contribution in [0.3, 0.4) is 0 Å². The average Bonchev–Trinajstić information content (AvgIpc) is 3.08. The van der Waals surface area contributed by atoms with E-state index >= 15 is 0 Å². The molecule has 0 bridgehead atoms. The molecular formula is C20H29FN2O3. The summed E-state index contributed by atoms with van der Waals surface area (Å²) in [5.74, 6) is -0.834. The molecule has 0 saturated carbocycles. The molecule has 1 aliphatic rings. The quantitative estimate of drug-likeness (QED) is 0.632. The van der Waals surface area contributed by atoms with Gasteiger partial charge in [0.15, 0.2) is 0 Å². The molecule has 0 unspecified atom stereocenters. The van der Waals surface area contributed by atoms with Crippen LogP contribution < -0.4 is 0 Å². The largest absolute Gasteiger partial charge is 0.466 e. The minimum Gasteiger partial charge on any atom is -0.466 e. The number of nitrogens with zero attached hydrogens (tertiary/aromatic N) is 2. The van der Waals surface area contributed by atoms with Gasteiger partial charge in [-0.25, -0.2) is 4.39 Å². The van der Waals surface area contributed by atoms with Crippen LogP contribution >= 0.6 is 0 Å². The van der Waals surface area contributed by atoms with E-state index in [1.807, 2.05) is 0 Å². The summed E-state index contributed by atoms with van der Waals surface area (Å²) >= 11 is 0. The van der Waals surface area contributed by atoms with Crippen molar-refractivity contribution in [3.05, 3.63) is 35.6 Å². The number of likely N-dealkylation sites (tertiary alicyclic amines) is 1. The zero-order valence-electron chi connectivity index (χ0n) is 15.7. The zero-order valence-corrected chi connectivity index (χ0v) is 15.7. The van der Waals surface area contributed by atoms with E-state index in [1.165, 1.54) is 6.07 Å². The normalized spacial score (nSPS) is 17.3. The van der Waals surface area contributed by atoms with E-state index in [-0.39, 0.29) is 30.5 Å². The van der Waals surface area contributed by atoms with Gasteiger partial charge < -0.3 is 9.64 Å². The number of likely N-dealkylation sites (N-methyl/N-ethyl adjacent to an activating group) is 1. The maximum absolute atomic E-state index is 13.9. The zero-order chi connectivity index (χ0) is 18.9. The van der Waals surface area contributed by atoms with E-state index < -0.39 is 0 Å². The molecule has 1 aromatic rings. The van der Waals surface area contributed by atoms with E-state index in [0.29, 0.717) is 31.3 Å². The Hall–Kier alpha value is -1.95. The van der Waals surface area contributed by atoms with Gasteiger partial charge in [-0.2, -0.15) is 0 Å². The van der Waals surface area contributed by atoms with Crippen LogP contribution in [0.5, 0.6) is 0 Å². The third-order valence-corrected chi connectivity index (χ3v) is 4.88. The highest BCUT2D eigenvalue weighted by Gasteiger charge is 2.27. The number of halogens is 1. The fourth-order valence-electron chi connectivity index (χ4n) is 3.47. The Kier molecular flexibility index (Phi) is 8.04. The molecule has 1 aromatic carbocycles. The van der Waals surface area contributed by atoms with Crippen molar-refractivity contribution in [2.75, 3.05) is 32.8 Å². The Balaban J connectivity index is 2.04. The van der Waals surface area contributed by atoms with Gasteiger partial charge in [-0.05, 0) is 44.5 Å². The number of benzene rings is 1. The average molecular weight is 364 g/mol. The maximum Gasteiger partial charge on any atom is 0.307 e. The van der Waals surface area contributed by atoms with Gasteiger partial charge in [0.25, 0.3) is 0 Å². The summed E-state index contributed by atoms with van der Waals surface area (Å²) in [6.45, 7) is 7.06. The van der Waals surface area contributed by atoms with Crippen LogP contribution in [0.4, 0.5) is 4.39 Å². The maximum atomic E-state index is 13.9. The minimum absolute atomic E-state index is 0.00828. The van der Waals surface area contributed by atoms with E-state index in [1.54, 1.807) is 30.0 Å². The van der Waals surface area contributed by atoms with E-state index in [9.17, 15) is 14.0 Å². The standard InChI is InChI=1S/C20H29FN2O3/c1-3-22-12-7-9-17(22)15-23(13-11-20(25)26-4-2)19(24)14-16-8-5-6-10-18(16)21/h5-6,8,10,17H,3-4,7,9,11-15H2,1-2H3/t17-/m1/s1. The monoisotopic (exact) mass is 364 g/mol. The molecular weight excluding hydrogens is 335 g/mol. The molecule has 0 aromatic heterocycles. The Morgan fingerprint density at radius 3 is 2.77 bits per heavy atom. The first-order valence-corrected chi connectivity index (χ1v) is 9.46. The van der Waals surface area contributed by atoms with Crippen LogP contribution in [0, 0.1) is 5.82 Å². The second-order valence-electron chi connectivity index (χ2n) is 6.59. The van der Waals surface area contributed by atoms with E-state index in [0.717, 1.165) is 25.9 Å². The molecule has 1 atom stereocenters.